The van der Waals surface area contributed by atoms with Crippen LogP contribution in [0.3, 0.4) is 0 Å². The summed E-state index contributed by atoms with van der Waals surface area (Å²) in [7, 11) is 1.37. The van der Waals surface area contributed by atoms with E-state index in [0.29, 0.717) is 13.2 Å². The molecule has 1 aliphatic heterocycles. The van der Waals surface area contributed by atoms with Gasteiger partial charge < -0.3 is 15.2 Å². The first-order chi connectivity index (χ1) is 9.56. The predicted octanol–water partition coefficient (Wildman–Crippen LogP) is 0.734. The van der Waals surface area contributed by atoms with E-state index in [1.807, 2.05) is 37.3 Å². The molecule has 20 heavy (non-hydrogen) atoms. The van der Waals surface area contributed by atoms with Crippen LogP contribution in [0.2, 0.25) is 0 Å². The van der Waals surface area contributed by atoms with Gasteiger partial charge in [-0.1, -0.05) is 30.3 Å². The average molecular weight is 278 g/mol. The van der Waals surface area contributed by atoms with Crippen LogP contribution in [-0.4, -0.2) is 50.3 Å². The highest BCUT2D eigenvalue weighted by molar-refractivity contribution is 5.82. The van der Waals surface area contributed by atoms with Crippen LogP contribution in [0.4, 0.5) is 0 Å². The molecule has 0 saturated carbocycles. The van der Waals surface area contributed by atoms with Crippen molar-refractivity contribution in [3.05, 3.63) is 35.9 Å². The number of rotatable bonds is 4. The SMILES string of the molecule is COC(=O)C(N)(CN1CCOC(C)C1)c1ccccc1. The third-order valence-electron chi connectivity index (χ3n) is 3.64. The van der Waals surface area contributed by atoms with Crippen LogP contribution in [0.5, 0.6) is 0 Å². The van der Waals surface area contributed by atoms with Gasteiger partial charge in [0.05, 0.1) is 19.8 Å². The van der Waals surface area contributed by atoms with Gasteiger partial charge in [0.15, 0.2) is 5.54 Å². The molecule has 2 atom stereocenters. The zero-order chi connectivity index (χ0) is 14.6. The van der Waals surface area contributed by atoms with Crippen molar-refractivity contribution < 1.29 is 14.3 Å². The van der Waals surface area contributed by atoms with Crippen LogP contribution in [0, 0.1) is 0 Å². The van der Waals surface area contributed by atoms with Gasteiger partial charge in [-0.2, -0.15) is 0 Å². The quantitative estimate of drug-likeness (QED) is 0.823. The molecule has 1 fully saturated rings. The van der Waals surface area contributed by atoms with Crippen molar-refractivity contribution >= 4 is 5.97 Å². The molecule has 0 aliphatic carbocycles. The number of hydrogen-bond donors (Lipinski definition) is 1. The van der Waals surface area contributed by atoms with Gasteiger partial charge in [0, 0.05) is 19.6 Å². The van der Waals surface area contributed by atoms with Gasteiger partial charge in [-0.25, -0.2) is 4.79 Å². The summed E-state index contributed by atoms with van der Waals surface area (Å²) in [6.07, 6.45) is 0.154. The molecule has 1 heterocycles. The minimum absolute atomic E-state index is 0.154. The highest BCUT2D eigenvalue weighted by atomic mass is 16.5. The largest absolute Gasteiger partial charge is 0.467 e. The minimum atomic E-state index is -1.15. The number of carbonyl (C=O) groups is 1. The first-order valence-electron chi connectivity index (χ1n) is 6.83. The molecule has 0 aromatic heterocycles. The molecule has 2 rings (SSSR count). The highest BCUT2D eigenvalue weighted by Crippen LogP contribution is 2.22. The maximum Gasteiger partial charge on any atom is 0.331 e. The zero-order valence-electron chi connectivity index (χ0n) is 12.0. The molecular weight excluding hydrogens is 256 g/mol. The summed E-state index contributed by atoms with van der Waals surface area (Å²) >= 11 is 0. The first kappa shape index (κ1) is 15.0. The van der Waals surface area contributed by atoms with Crippen molar-refractivity contribution in [3.8, 4) is 0 Å². The lowest BCUT2D eigenvalue weighted by atomic mass is 9.90. The molecule has 0 spiro atoms. The van der Waals surface area contributed by atoms with Gasteiger partial charge in [0.1, 0.15) is 0 Å². The molecule has 2 unspecified atom stereocenters. The molecule has 1 aromatic carbocycles. The fourth-order valence-corrected chi connectivity index (χ4v) is 2.58. The second-order valence-electron chi connectivity index (χ2n) is 5.25. The van der Waals surface area contributed by atoms with Gasteiger partial charge in [-0.15, -0.1) is 0 Å². The maximum absolute atomic E-state index is 12.2. The van der Waals surface area contributed by atoms with Crippen molar-refractivity contribution in [3.63, 3.8) is 0 Å². The molecule has 0 bridgehead atoms. The summed E-state index contributed by atoms with van der Waals surface area (Å²) in [4.78, 5) is 14.3. The lowest BCUT2D eigenvalue weighted by Gasteiger charge is -2.37. The van der Waals surface area contributed by atoms with E-state index >= 15 is 0 Å². The number of esters is 1. The Hall–Kier alpha value is -1.43. The smallest absolute Gasteiger partial charge is 0.331 e. The molecule has 1 aliphatic rings. The van der Waals surface area contributed by atoms with Gasteiger partial charge in [0.2, 0.25) is 0 Å². The molecule has 0 amide bonds. The summed E-state index contributed by atoms with van der Waals surface area (Å²) in [5.74, 6) is -0.414. The molecule has 5 heteroatoms. The summed E-state index contributed by atoms with van der Waals surface area (Å²) < 4.78 is 10.4. The Balaban J connectivity index is 2.21. The summed E-state index contributed by atoms with van der Waals surface area (Å²) in [6.45, 7) is 4.64. The number of morpholine rings is 1. The number of hydrogen-bond acceptors (Lipinski definition) is 5. The van der Waals surface area contributed by atoms with E-state index in [1.165, 1.54) is 7.11 Å². The molecule has 1 saturated heterocycles. The summed E-state index contributed by atoms with van der Waals surface area (Å²) in [6, 6.07) is 9.38. The van der Waals surface area contributed by atoms with E-state index in [-0.39, 0.29) is 6.10 Å². The van der Waals surface area contributed by atoms with Gasteiger partial charge in [-0.05, 0) is 12.5 Å². The maximum atomic E-state index is 12.2. The Labute approximate surface area is 119 Å². The number of nitrogens with two attached hydrogens (primary N) is 1. The third kappa shape index (κ3) is 3.17. The highest BCUT2D eigenvalue weighted by Gasteiger charge is 2.39. The summed E-state index contributed by atoms with van der Waals surface area (Å²) in [5.41, 5.74) is 6.02. The number of nitrogens with zero attached hydrogens (tertiary/aromatic N) is 1. The first-order valence-corrected chi connectivity index (χ1v) is 6.83. The second kappa shape index (κ2) is 6.35. The van der Waals surface area contributed by atoms with E-state index in [1.54, 1.807) is 0 Å². The van der Waals surface area contributed by atoms with Crippen molar-refractivity contribution in [1.29, 1.82) is 0 Å². The fraction of sp³-hybridized carbons (Fsp3) is 0.533. The summed E-state index contributed by atoms with van der Waals surface area (Å²) in [5, 5.41) is 0. The predicted molar refractivity (Wildman–Crippen MR) is 76.2 cm³/mol. The molecular formula is C15H22N2O3. The number of methoxy groups -OCH3 is 1. The van der Waals surface area contributed by atoms with E-state index in [0.717, 1.165) is 18.7 Å². The Morgan fingerprint density at radius 1 is 1.50 bits per heavy atom. The van der Waals surface area contributed by atoms with E-state index in [4.69, 9.17) is 15.2 Å². The van der Waals surface area contributed by atoms with Gasteiger partial charge in [0.25, 0.3) is 0 Å². The number of ether oxygens (including phenoxy) is 2. The molecule has 2 N–H and O–H groups in total. The monoisotopic (exact) mass is 278 g/mol. The Morgan fingerprint density at radius 2 is 2.20 bits per heavy atom. The molecule has 110 valence electrons. The average Bonchev–Trinajstić information content (AvgIpc) is 2.47. The third-order valence-corrected chi connectivity index (χ3v) is 3.64. The standard InChI is InChI=1S/C15H22N2O3/c1-12-10-17(8-9-20-12)11-15(16,14(18)19-2)13-6-4-3-5-7-13/h3-7,12H,8-11,16H2,1-2H3. The molecule has 1 aromatic rings. The van der Waals surface area contributed by atoms with Gasteiger partial charge >= 0.3 is 5.97 Å². The fourth-order valence-electron chi connectivity index (χ4n) is 2.58. The van der Waals surface area contributed by atoms with E-state index in [2.05, 4.69) is 4.90 Å². The zero-order valence-corrected chi connectivity index (χ0v) is 12.0. The van der Waals surface area contributed by atoms with Crippen LogP contribution in [0.1, 0.15) is 12.5 Å². The van der Waals surface area contributed by atoms with Crippen LogP contribution in [0.15, 0.2) is 30.3 Å². The number of carbonyl (C=O) groups excluding carboxylic acids is 1. The van der Waals surface area contributed by atoms with Crippen LogP contribution < -0.4 is 5.73 Å². The molecule has 5 nitrogen and oxygen atoms in total. The lowest BCUT2D eigenvalue weighted by Crippen LogP contribution is -2.56. The topological polar surface area (TPSA) is 64.8 Å². The van der Waals surface area contributed by atoms with Crippen molar-refractivity contribution in [2.24, 2.45) is 5.73 Å². The lowest BCUT2D eigenvalue weighted by molar-refractivity contribution is -0.149. The van der Waals surface area contributed by atoms with Crippen LogP contribution in [0.25, 0.3) is 0 Å². The van der Waals surface area contributed by atoms with E-state index < -0.39 is 11.5 Å². The van der Waals surface area contributed by atoms with Crippen molar-refractivity contribution in [1.82, 2.24) is 4.90 Å². The second-order valence-corrected chi connectivity index (χ2v) is 5.25. The van der Waals surface area contributed by atoms with Crippen molar-refractivity contribution in [2.75, 3.05) is 33.4 Å². The Bertz CT molecular complexity index is 452. The number of benzene rings is 1. The Kier molecular flexibility index (Phi) is 4.75. The van der Waals surface area contributed by atoms with Crippen molar-refractivity contribution in [2.45, 2.75) is 18.6 Å². The van der Waals surface area contributed by atoms with Gasteiger partial charge in [-0.3, -0.25) is 4.90 Å². The molecule has 0 radical (unpaired) electrons. The van der Waals surface area contributed by atoms with Crippen LogP contribution >= 0.6 is 0 Å². The minimum Gasteiger partial charge on any atom is -0.467 e. The van der Waals surface area contributed by atoms with E-state index in [9.17, 15) is 4.79 Å². The Morgan fingerprint density at radius 3 is 2.80 bits per heavy atom. The normalized spacial score (nSPS) is 23.1. The van der Waals surface area contributed by atoms with Crippen LogP contribution in [-0.2, 0) is 19.8 Å².